The molecule has 4 nitrogen and oxygen atoms in total. The molecule has 0 atom stereocenters. The molecule has 3 N–H and O–H groups in total. The van der Waals surface area contributed by atoms with E-state index in [1.165, 1.54) is 18.2 Å². The minimum absolute atomic E-state index is 0.270. The largest absolute Gasteiger partial charge is 0.462 e. The fraction of sp³-hybridized carbons (Fsp3) is 0.188. The lowest BCUT2D eigenvalue weighted by atomic mass is 10.1. The molecule has 0 saturated carbocycles. The first kappa shape index (κ1) is 14.8. The molecule has 0 aliphatic carbocycles. The summed E-state index contributed by atoms with van der Waals surface area (Å²) in [5.41, 5.74) is 8.35. The number of hydrogen-bond donors (Lipinski definition) is 2. The Labute approximate surface area is 122 Å². The normalized spacial score (nSPS) is 10.2. The topological polar surface area (TPSA) is 64.3 Å². The molecule has 110 valence electrons. The van der Waals surface area contributed by atoms with Gasteiger partial charge in [-0.3, -0.25) is 0 Å². The van der Waals surface area contributed by atoms with E-state index in [0.717, 1.165) is 5.56 Å². The van der Waals surface area contributed by atoms with Gasteiger partial charge >= 0.3 is 5.97 Å². The molecule has 0 aliphatic rings. The summed E-state index contributed by atoms with van der Waals surface area (Å²) in [5.74, 6) is -0.814. The smallest absolute Gasteiger partial charge is 0.340 e. The highest BCUT2D eigenvalue weighted by Crippen LogP contribution is 2.25. The van der Waals surface area contributed by atoms with E-state index in [-0.39, 0.29) is 12.4 Å². The minimum atomic E-state index is -0.472. The van der Waals surface area contributed by atoms with E-state index in [4.69, 9.17) is 10.5 Å². The molecule has 0 fully saturated rings. The Hall–Kier alpha value is -2.56. The second-order valence-electron chi connectivity index (χ2n) is 4.67. The quantitative estimate of drug-likeness (QED) is 0.666. The molecule has 0 radical (unpaired) electrons. The third-order valence-corrected chi connectivity index (χ3v) is 2.86. The zero-order valence-electron chi connectivity index (χ0n) is 11.9. The number of rotatable bonds is 4. The predicted octanol–water partition coefficient (Wildman–Crippen LogP) is 3.64. The van der Waals surface area contributed by atoms with Crippen molar-refractivity contribution in [3.05, 3.63) is 53.3 Å². The van der Waals surface area contributed by atoms with Gasteiger partial charge in [0, 0.05) is 11.4 Å². The molecule has 0 aliphatic heterocycles. The first-order valence-corrected chi connectivity index (χ1v) is 6.60. The van der Waals surface area contributed by atoms with Gasteiger partial charge in [-0.25, -0.2) is 9.18 Å². The van der Waals surface area contributed by atoms with Crippen molar-refractivity contribution in [2.45, 2.75) is 13.8 Å². The Morgan fingerprint density at radius 1 is 1.29 bits per heavy atom. The maximum absolute atomic E-state index is 13.4. The lowest BCUT2D eigenvalue weighted by molar-refractivity contribution is 0.0527. The van der Waals surface area contributed by atoms with Gasteiger partial charge in [0.1, 0.15) is 5.82 Å². The van der Waals surface area contributed by atoms with Crippen LogP contribution in [0.25, 0.3) is 0 Å². The molecule has 5 heteroatoms. The molecule has 2 rings (SSSR count). The van der Waals surface area contributed by atoms with Crippen LogP contribution in [0.5, 0.6) is 0 Å². The predicted molar refractivity (Wildman–Crippen MR) is 81.2 cm³/mol. The number of carbonyl (C=O) groups is 1. The molecule has 0 bridgehead atoms. The molecule has 0 heterocycles. The highest BCUT2D eigenvalue weighted by Gasteiger charge is 2.13. The summed E-state index contributed by atoms with van der Waals surface area (Å²) in [7, 11) is 0. The van der Waals surface area contributed by atoms with E-state index in [1.807, 2.05) is 0 Å². The van der Waals surface area contributed by atoms with Crippen LogP contribution in [0.3, 0.4) is 0 Å². The Morgan fingerprint density at radius 3 is 2.71 bits per heavy atom. The molecule has 0 aromatic heterocycles. The Morgan fingerprint density at radius 2 is 2.05 bits per heavy atom. The first-order chi connectivity index (χ1) is 9.99. The second kappa shape index (κ2) is 6.26. The van der Waals surface area contributed by atoms with Crippen LogP contribution in [0.2, 0.25) is 0 Å². The van der Waals surface area contributed by atoms with E-state index in [2.05, 4.69) is 5.32 Å². The van der Waals surface area contributed by atoms with Crippen molar-refractivity contribution in [3.8, 4) is 0 Å². The van der Waals surface area contributed by atoms with Crippen LogP contribution in [-0.2, 0) is 4.74 Å². The minimum Gasteiger partial charge on any atom is -0.462 e. The average molecular weight is 288 g/mol. The molecule has 0 unspecified atom stereocenters. The molecular formula is C16H17FN2O2. The summed E-state index contributed by atoms with van der Waals surface area (Å²) >= 11 is 0. The summed E-state index contributed by atoms with van der Waals surface area (Å²) in [4.78, 5) is 11.9. The summed E-state index contributed by atoms with van der Waals surface area (Å²) in [5, 5.41) is 3.02. The number of nitrogens with two attached hydrogens (primary N) is 1. The number of ether oxygens (including phenoxy) is 1. The van der Waals surface area contributed by atoms with Gasteiger partial charge in [0.15, 0.2) is 0 Å². The maximum atomic E-state index is 13.4. The van der Waals surface area contributed by atoms with Gasteiger partial charge < -0.3 is 15.8 Å². The second-order valence-corrected chi connectivity index (χ2v) is 4.67. The number of nitrogens with one attached hydrogen (secondary N) is 1. The standard InChI is InChI=1S/C16H17FN2O2/c1-3-21-16(20)14-9-12(18)4-5-15(14)19-13-7-10(2)6-11(17)8-13/h4-9,19H,3,18H2,1-2H3. The van der Waals surface area contributed by atoms with Gasteiger partial charge in [-0.05, 0) is 55.8 Å². The number of benzene rings is 2. The summed E-state index contributed by atoms with van der Waals surface area (Å²) in [6, 6.07) is 9.44. The molecule has 2 aromatic rings. The van der Waals surface area contributed by atoms with Crippen molar-refractivity contribution < 1.29 is 13.9 Å². The van der Waals surface area contributed by atoms with E-state index >= 15 is 0 Å². The molecule has 0 amide bonds. The average Bonchev–Trinajstić information content (AvgIpc) is 2.40. The molecule has 0 spiro atoms. The maximum Gasteiger partial charge on any atom is 0.340 e. The SMILES string of the molecule is CCOC(=O)c1cc(N)ccc1Nc1cc(C)cc(F)c1. The van der Waals surface area contributed by atoms with Crippen molar-refractivity contribution in [2.75, 3.05) is 17.7 Å². The summed E-state index contributed by atoms with van der Waals surface area (Å²) in [6.07, 6.45) is 0. The lowest BCUT2D eigenvalue weighted by Gasteiger charge is -2.13. The number of anilines is 3. The van der Waals surface area contributed by atoms with Gasteiger partial charge in [-0.1, -0.05) is 0 Å². The van der Waals surface area contributed by atoms with Gasteiger partial charge in [0.05, 0.1) is 17.9 Å². The number of aryl methyl sites for hydroxylation is 1. The number of nitrogen functional groups attached to an aromatic ring is 1. The Balaban J connectivity index is 2.37. The van der Waals surface area contributed by atoms with E-state index in [9.17, 15) is 9.18 Å². The van der Waals surface area contributed by atoms with Crippen molar-refractivity contribution in [1.82, 2.24) is 0 Å². The zero-order chi connectivity index (χ0) is 15.4. The highest BCUT2D eigenvalue weighted by molar-refractivity contribution is 5.97. The van der Waals surface area contributed by atoms with Crippen LogP contribution in [0.1, 0.15) is 22.8 Å². The van der Waals surface area contributed by atoms with Crippen molar-refractivity contribution in [2.24, 2.45) is 0 Å². The van der Waals surface area contributed by atoms with Gasteiger partial charge in [-0.15, -0.1) is 0 Å². The summed E-state index contributed by atoms with van der Waals surface area (Å²) in [6.45, 7) is 3.79. The van der Waals surface area contributed by atoms with Crippen LogP contribution in [0.15, 0.2) is 36.4 Å². The van der Waals surface area contributed by atoms with Crippen molar-refractivity contribution >= 4 is 23.0 Å². The first-order valence-electron chi connectivity index (χ1n) is 6.60. The zero-order valence-corrected chi connectivity index (χ0v) is 11.9. The Bertz CT molecular complexity index is 651. The third-order valence-electron chi connectivity index (χ3n) is 2.86. The van der Waals surface area contributed by atoms with E-state index < -0.39 is 5.97 Å². The van der Waals surface area contributed by atoms with Crippen LogP contribution in [0, 0.1) is 12.7 Å². The van der Waals surface area contributed by atoms with Crippen LogP contribution in [0.4, 0.5) is 21.5 Å². The summed E-state index contributed by atoms with van der Waals surface area (Å²) < 4.78 is 18.4. The number of carbonyl (C=O) groups excluding carboxylic acids is 1. The van der Waals surface area contributed by atoms with Crippen LogP contribution in [-0.4, -0.2) is 12.6 Å². The number of halogens is 1. The third kappa shape index (κ3) is 3.72. The van der Waals surface area contributed by atoms with Gasteiger partial charge in [-0.2, -0.15) is 0 Å². The number of hydrogen-bond acceptors (Lipinski definition) is 4. The molecule has 2 aromatic carbocycles. The monoisotopic (exact) mass is 288 g/mol. The van der Waals surface area contributed by atoms with Crippen molar-refractivity contribution in [3.63, 3.8) is 0 Å². The van der Waals surface area contributed by atoms with Gasteiger partial charge in [0.25, 0.3) is 0 Å². The van der Waals surface area contributed by atoms with E-state index in [1.54, 1.807) is 32.0 Å². The highest BCUT2D eigenvalue weighted by atomic mass is 19.1. The molecule has 21 heavy (non-hydrogen) atoms. The van der Waals surface area contributed by atoms with Crippen LogP contribution < -0.4 is 11.1 Å². The van der Waals surface area contributed by atoms with Gasteiger partial charge in [0.2, 0.25) is 0 Å². The number of esters is 1. The molecule has 0 saturated heterocycles. The van der Waals surface area contributed by atoms with Crippen molar-refractivity contribution in [1.29, 1.82) is 0 Å². The van der Waals surface area contributed by atoms with Crippen LogP contribution >= 0.6 is 0 Å². The fourth-order valence-electron chi connectivity index (χ4n) is 2.01. The Kier molecular flexibility index (Phi) is 4.42. The lowest BCUT2D eigenvalue weighted by Crippen LogP contribution is -2.08. The fourth-order valence-corrected chi connectivity index (χ4v) is 2.01. The molecular weight excluding hydrogens is 271 g/mol. The van der Waals surface area contributed by atoms with E-state index in [0.29, 0.717) is 22.6 Å².